The number of hydrogen-bond donors (Lipinski definition) is 5. The molecule has 5 rings (SSSR count). The van der Waals surface area contributed by atoms with E-state index in [-0.39, 0.29) is 57.9 Å². The van der Waals surface area contributed by atoms with Crippen LogP contribution in [-0.4, -0.2) is 65.1 Å². The fourth-order valence-corrected chi connectivity index (χ4v) is 5.08. The number of amides is 2. The third kappa shape index (κ3) is 6.92. The van der Waals surface area contributed by atoms with Crippen LogP contribution in [0.5, 0.6) is 11.5 Å². The van der Waals surface area contributed by atoms with Gasteiger partial charge in [0, 0.05) is 34.5 Å². The molecule has 0 unspecified atom stereocenters. The lowest BCUT2D eigenvalue weighted by molar-refractivity contribution is -0.123. The molecule has 2 aliphatic rings. The molecule has 2 heterocycles. The maximum Gasteiger partial charge on any atom is 0.251 e. The number of aliphatic imine (C=N–C) groups is 1. The molecule has 48 heavy (non-hydrogen) atoms. The number of rotatable bonds is 9. The number of aliphatic hydroxyl groups is 2. The van der Waals surface area contributed by atoms with Crippen molar-refractivity contribution in [3.05, 3.63) is 69.4 Å². The summed E-state index contributed by atoms with van der Waals surface area (Å²) in [5.74, 6) is 1.76. The first-order valence-corrected chi connectivity index (χ1v) is 15.2. The number of anilines is 1. The zero-order valence-corrected chi connectivity index (χ0v) is 27.3. The van der Waals surface area contributed by atoms with Crippen molar-refractivity contribution in [2.75, 3.05) is 26.0 Å². The van der Waals surface area contributed by atoms with E-state index in [2.05, 4.69) is 27.1 Å². The van der Waals surface area contributed by atoms with E-state index in [4.69, 9.17) is 32.5 Å². The lowest BCUT2D eigenvalue weighted by Crippen LogP contribution is -2.42. The molecule has 7 N–H and O–H groups in total. The van der Waals surface area contributed by atoms with Gasteiger partial charge in [-0.15, -0.1) is 0 Å². The molecule has 252 valence electrons. The number of hydrogen-bond acceptors (Lipinski definition) is 9. The quantitative estimate of drug-likeness (QED) is 0.0986. The highest BCUT2D eigenvalue weighted by atomic mass is 35.5. The summed E-state index contributed by atoms with van der Waals surface area (Å²) < 4.78 is 40.5. The number of halogens is 3. The molecular formula is C34H34ClF2N5O6. The number of primary amides is 1. The van der Waals surface area contributed by atoms with Gasteiger partial charge in [-0.1, -0.05) is 23.4 Å². The molecule has 0 bridgehead atoms. The Hall–Kier alpha value is -4.77. The van der Waals surface area contributed by atoms with Crippen LogP contribution in [-0.2, 0) is 15.8 Å². The van der Waals surface area contributed by atoms with Crippen molar-refractivity contribution < 1.29 is 38.1 Å². The fraction of sp³-hybridized carbons (Fsp3) is 0.353. The highest BCUT2D eigenvalue weighted by Crippen LogP contribution is 2.46. The van der Waals surface area contributed by atoms with Crippen molar-refractivity contribution in [2.45, 2.75) is 56.3 Å². The monoisotopic (exact) mass is 681 g/mol. The first-order valence-electron chi connectivity index (χ1n) is 14.9. The van der Waals surface area contributed by atoms with Crippen molar-refractivity contribution in [3.8, 4) is 34.6 Å². The highest BCUT2D eigenvalue weighted by Gasteiger charge is 2.46. The van der Waals surface area contributed by atoms with Crippen LogP contribution >= 0.6 is 11.6 Å². The standard InChI is InChI=1S/C34H34ClF2N5O6/c1-32(2,45)7-8-34(46,15-41-30(43)17-9-18(14-40-19-5-6-19)27(38)25(10-17)47-4)26-12-21-29(48-16-33(21,3)31(39)44)28(42-26)20-11-22(35)24(37)13-23(20)36/h9-14,19,45-46H,5-6,15-16,38H2,1-4H3,(H2,39,44)(H,41,43)/t33-,34-/m0/s1. The van der Waals surface area contributed by atoms with Gasteiger partial charge < -0.3 is 36.5 Å². The van der Waals surface area contributed by atoms with Gasteiger partial charge in [0.1, 0.15) is 46.5 Å². The minimum atomic E-state index is -2.37. The predicted octanol–water partition coefficient (Wildman–Crippen LogP) is 3.38. The molecule has 3 aromatic rings. The van der Waals surface area contributed by atoms with Gasteiger partial charge in [-0.25, -0.2) is 13.8 Å². The van der Waals surface area contributed by atoms with Crippen molar-refractivity contribution in [2.24, 2.45) is 10.7 Å². The molecule has 14 heteroatoms. The molecule has 2 atom stereocenters. The maximum absolute atomic E-state index is 15.2. The molecule has 1 aromatic heterocycles. The van der Waals surface area contributed by atoms with E-state index in [1.165, 1.54) is 46.1 Å². The smallest absolute Gasteiger partial charge is 0.251 e. The SMILES string of the molecule is COc1cc(C(=O)NC[C@@](O)(C#CC(C)(C)O)c2cc3c(c(-c4cc(Cl)c(F)cc4F)n2)OC[C@]3(C)C(N)=O)cc(C=NC2CC2)c1N. The Bertz CT molecular complexity index is 1920. The lowest BCUT2D eigenvalue weighted by Gasteiger charge is -2.26. The number of nitrogens with two attached hydrogens (primary N) is 2. The van der Waals surface area contributed by atoms with E-state index >= 15 is 4.39 Å². The van der Waals surface area contributed by atoms with Crippen LogP contribution in [0.25, 0.3) is 11.3 Å². The molecule has 0 saturated heterocycles. The summed E-state index contributed by atoms with van der Waals surface area (Å²) in [6.07, 6.45) is 3.50. The predicted molar refractivity (Wildman–Crippen MR) is 175 cm³/mol. The number of nitrogens with zero attached hydrogens (tertiary/aromatic N) is 2. The summed E-state index contributed by atoms with van der Waals surface area (Å²) in [6.45, 7) is 3.38. The van der Waals surface area contributed by atoms with E-state index in [9.17, 15) is 24.2 Å². The fourth-order valence-electron chi connectivity index (χ4n) is 4.92. The number of aromatic nitrogens is 1. The summed E-state index contributed by atoms with van der Waals surface area (Å²) in [6, 6.07) is 5.99. The summed E-state index contributed by atoms with van der Waals surface area (Å²) in [4.78, 5) is 35.1. The normalized spacial score (nSPS) is 18.4. The minimum absolute atomic E-state index is 0.0437. The van der Waals surface area contributed by atoms with Crippen molar-refractivity contribution >= 4 is 35.3 Å². The first kappa shape index (κ1) is 34.6. The summed E-state index contributed by atoms with van der Waals surface area (Å²) in [5.41, 5.74) is 6.71. The molecule has 1 aliphatic carbocycles. The van der Waals surface area contributed by atoms with Crippen LogP contribution in [0, 0.1) is 23.5 Å². The zero-order valence-electron chi connectivity index (χ0n) is 26.6. The van der Waals surface area contributed by atoms with Gasteiger partial charge in [0.05, 0.1) is 36.1 Å². The van der Waals surface area contributed by atoms with E-state index in [1.54, 1.807) is 6.21 Å². The largest absolute Gasteiger partial charge is 0.495 e. The molecular weight excluding hydrogens is 648 g/mol. The Labute approximate surface area is 280 Å². The Balaban J connectivity index is 1.62. The number of pyridine rings is 1. The van der Waals surface area contributed by atoms with Gasteiger partial charge in [0.15, 0.2) is 5.60 Å². The second kappa shape index (κ2) is 12.7. The van der Waals surface area contributed by atoms with Crippen LogP contribution < -0.4 is 26.3 Å². The molecule has 0 radical (unpaired) electrons. The molecule has 1 aliphatic heterocycles. The second-order valence-electron chi connectivity index (χ2n) is 12.5. The van der Waals surface area contributed by atoms with Crippen molar-refractivity contribution in [3.63, 3.8) is 0 Å². The molecule has 1 saturated carbocycles. The number of carbonyl (C=O) groups is 2. The number of benzene rings is 2. The summed E-state index contributed by atoms with van der Waals surface area (Å²) in [7, 11) is 1.40. The van der Waals surface area contributed by atoms with Crippen molar-refractivity contribution in [1.29, 1.82) is 0 Å². The molecule has 0 spiro atoms. The third-order valence-electron chi connectivity index (χ3n) is 8.01. The summed E-state index contributed by atoms with van der Waals surface area (Å²) >= 11 is 5.99. The highest BCUT2D eigenvalue weighted by molar-refractivity contribution is 6.31. The van der Waals surface area contributed by atoms with E-state index < -0.39 is 51.6 Å². The van der Waals surface area contributed by atoms with Gasteiger partial charge >= 0.3 is 0 Å². The summed E-state index contributed by atoms with van der Waals surface area (Å²) in [5, 5.41) is 24.7. The number of carbonyl (C=O) groups excluding carboxylic acids is 2. The van der Waals surface area contributed by atoms with Crippen LogP contribution in [0.3, 0.4) is 0 Å². The van der Waals surface area contributed by atoms with Crippen molar-refractivity contribution in [1.82, 2.24) is 10.3 Å². The Morgan fingerprint density at radius 1 is 1.21 bits per heavy atom. The maximum atomic E-state index is 15.2. The Morgan fingerprint density at radius 2 is 1.92 bits per heavy atom. The Kier molecular flexibility index (Phi) is 9.13. The van der Waals surface area contributed by atoms with Crippen LogP contribution in [0.2, 0.25) is 5.02 Å². The zero-order chi connectivity index (χ0) is 35.2. The van der Waals surface area contributed by atoms with Gasteiger partial charge in [0.2, 0.25) is 5.91 Å². The average Bonchev–Trinajstić information content (AvgIpc) is 3.80. The first-order chi connectivity index (χ1) is 22.5. The number of ether oxygens (including phenoxy) is 2. The third-order valence-corrected chi connectivity index (χ3v) is 8.30. The average molecular weight is 682 g/mol. The topological polar surface area (TPSA) is 182 Å². The number of nitrogens with one attached hydrogen (secondary N) is 1. The van der Waals surface area contributed by atoms with Crippen LogP contribution in [0.4, 0.5) is 14.5 Å². The van der Waals surface area contributed by atoms with E-state index in [0.717, 1.165) is 18.9 Å². The van der Waals surface area contributed by atoms with Crippen LogP contribution in [0.15, 0.2) is 35.3 Å². The van der Waals surface area contributed by atoms with Gasteiger partial charge in [-0.05, 0) is 57.9 Å². The number of nitrogen functional groups attached to an aromatic ring is 1. The van der Waals surface area contributed by atoms with Crippen LogP contribution in [0.1, 0.15) is 60.8 Å². The van der Waals surface area contributed by atoms with Gasteiger partial charge in [-0.2, -0.15) is 0 Å². The molecule has 1 fully saturated rings. The van der Waals surface area contributed by atoms with Gasteiger partial charge in [-0.3, -0.25) is 14.6 Å². The second-order valence-corrected chi connectivity index (χ2v) is 12.9. The number of fused-ring (bicyclic) bond motifs is 1. The Morgan fingerprint density at radius 3 is 2.54 bits per heavy atom. The number of methoxy groups -OCH3 is 1. The lowest BCUT2D eigenvalue weighted by atomic mass is 9.82. The molecule has 2 amide bonds. The minimum Gasteiger partial charge on any atom is -0.495 e. The van der Waals surface area contributed by atoms with E-state index in [0.29, 0.717) is 11.6 Å². The van der Waals surface area contributed by atoms with Gasteiger partial charge in [0.25, 0.3) is 5.91 Å². The van der Waals surface area contributed by atoms with E-state index in [1.807, 2.05) is 0 Å². The molecule has 11 nitrogen and oxygen atoms in total. The molecule has 2 aromatic carbocycles.